The second-order valence-corrected chi connectivity index (χ2v) is 7.90. The van der Waals surface area contributed by atoms with Gasteiger partial charge in [-0.1, -0.05) is 55.4 Å². The van der Waals surface area contributed by atoms with E-state index in [-0.39, 0.29) is 11.9 Å². The minimum Gasteiger partial charge on any atom is -0.335 e. The minimum absolute atomic E-state index is 0.161. The van der Waals surface area contributed by atoms with Crippen molar-refractivity contribution in [3.05, 3.63) is 47.3 Å². The monoisotopic (exact) mass is 373 g/mol. The Morgan fingerprint density at radius 3 is 2.54 bits per heavy atom. The molecule has 0 atom stereocenters. The molecule has 2 rings (SSSR count). The molecule has 0 saturated heterocycles. The summed E-state index contributed by atoms with van der Waals surface area (Å²) in [5.74, 6) is 0.585. The van der Waals surface area contributed by atoms with E-state index < -0.39 is 0 Å². The Morgan fingerprint density at radius 1 is 1.23 bits per heavy atom. The molecule has 0 aliphatic carbocycles. The van der Waals surface area contributed by atoms with Crippen LogP contribution in [0.1, 0.15) is 50.6 Å². The fourth-order valence-electron chi connectivity index (χ4n) is 2.86. The molecular formula is C21H31N3OS. The van der Waals surface area contributed by atoms with Gasteiger partial charge in [-0.2, -0.15) is 0 Å². The van der Waals surface area contributed by atoms with Crippen LogP contribution < -0.4 is 0 Å². The Balaban J connectivity index is 2.05. The molecular weight excluding hydrogens is 342 g/mol. The maximum absolute atomic E-state index is 12.8. The number of nitrogens with zero attached hydrogens (tertiary/aromatic N) is 3. The predicted octanol–water partition coefficient (Wildman–Crippen LogP) is 4.83. The Morgan fingerprint density at radius 2 is 1.92 bits per heavy atom. The van der Waals surface area contributed by atoms with Gasteiger partial charge in [0.15, 0.2) is 5.16 Å². The highest BCUT2D eigenvalue weighted by atomic mass is 32.2. The van der Waals surface area contributed by atoms with Crippen LogP contribution in [0.2, 0.25) is 0 Å². The zero-order valence-electron chi connectivity index (χ0n) is 16.7. The van der Waals surface area contributed by atoms with E-state index in [9.17, 15) is 4.79 Å². The lowest BCUT2D eigenvalue weighted by Gasteiger charge is -2.27. The fraction of sp³-hybridized carbons (Fsp3) is 0.524. The first-order chi connectivity index (χ1) is 12.4. The third-order valence-corrected chi connectivity index (χ3v) is 5.58. The van der Waals surface area contributed by atoms with Crippen LogP contribution in [-0.4, -0.2) is 32.2 Å². The number of hydrogen-bond donors (Lipinski definition) is 0. The summed E-state index contributed by atoms with van der Waals surface area (Å²) in [4.78, 5) is 19.5. The number of carbonyl (C=O) groups excluding carboxylic acids is 1. The molecule has 0 aliphatic heterocycles. The van der Waals surface area contributed by atoms with Gasteiger partial charge in [0.2, 0.25) is 5.91 Å². The van der Waals surface area contributed by atoms with Crippen LogP contribution in [0.3, 0.4) is 0 Å². The topological polar surface area (TPSA) is 38.1 Å². The lowest BCUT2D eigenvalue weighted by Crippen LogP contribution is -2.37. The average molecular weight is 374 g/mol. The summed E-state index contributed by atoms with van der Waals surface area (Å²) in [6.07, 6.45) is 2.28. The van der Waals surface area contributed by atoms with Gasteiger partial charge in [-0.3, -0.25) is 4.79 Å². The Bertz CT molecular complexity index is 710. The number of benzene rings is 1. The van der Waals surface area contributed by atoms with Gasteiger partial charge in [-0.05, 0) is 39.7 Å². The molecule has 4 nitrogen and oxygen atoms in total. The number of rotatable bonds is 9. The molecule has 26 heavy (non-hydrogen) atoms. The first-order valence-electron chi connectivity index (χ1n) is 9.44. The van der Waals surface area contributed by atoms with Crippen molar-refractivity contribution in [2.45, 2.75) is 71.7 Å². The Kier molecular flexibility index (Phi) is 7.76. The largest absolute Gasteiger partial charge is 0.335 e. The maximum Gasteiger partial charge on any atom is 0.233 e. The minimum atomic E-state index is 0.161. The lowest BCUT2D eigenvalue weighted by atomic mass is 10.2. The van der Waals surface area contributed by atoms with E-state index in [2.05, 4.69) is 49.4 Å². The summed E-state index contributed by atoms with van der Waals surface area (Å²) < 4.78 is 2.26. The van der Waals surface area contributed by atoms with E-state index >= 15 is 0 Å². The summed E-state index contributed by atoms with van der Waals surface area (Å²) >= 11 is 1.56. The number of imidazole rings is 1. The summed E-state index contributed by atoms with van der Waals surface area (Å²) in [6.45, 7) is 12.1. The average Bonchev–Trinajstić information content (AvgIpc) is 2.90. The zero-order chi connectivity index (χ0) is 19.1. The second kappa shape index (κ2) is 9.81. The van der Waals surface area contributed by atoms with Crippen molar-refractivity contribution >= 4 is 17.7 Å². The van der Waals surface area contributed by atoms with E-state index in [1.165, 1.54) is 5.69 Å². The normalized spacial score (nSPS) is 11.2. The number of carbonyl (C=O) groups is 1. The molecule has 1 aromatic heterocycles. The highest BCUT2D eigenvalue weighted by Crippen LogP contribution is 2.23. The van der Waals surface area contributed by atoms with Crippen molar-refractivity contribution in [1.82, 2.24) is 14.5 Å². The van der Waals surface area contributed by atoms with Gasteiger partial charge in [-0.25, -0.2) is 4.98 Å². The molecule has 0 fully saturated rings. The van der Waals surface area contributed by atoms with Gasteiger partial charge in [0.05, 0.1) is 11.4 Å². The zero-order valence-corrected chi connectivity index (χ0v) is 17.5. The van der Waals surface area contributed by atoms with E-state index in [0.29, 0.717) is 12.3 Å². The molecule has 142 valence electrons. The van der Waals surface area contributed by atoms with Gasteiger partial charge in [0.25, 0.3) is 0 Å². The highest BCUT2D eigenvalue weighted by Gasteiger charge is 2.19. The molecule has 1 heterocycles. The summed E-state index contributed by atoms with van der Waals surface area (Å²) in [7, 11) is 0. The first-order valence-corrected chi connectivity index (χ1v) is 10.4. The Labute approximate surface area is 162 Å². The van der Waals surface area contributed by atoms with Crippen molar-refractivity contribution in [3.63, 3.8) is 0 Å². The van der Waals surface area contributed by atoms with Gasteiger partial charge in [0, 0.05) is 24.8 Å². The molecule has 2 aromatic rings. The number of amides is 1. The van der Waals surface area contributed by atoms with E-state index in [1.54, 1.807) is 11.8 Å². The van der Waals surface area contributed by atoms with Crippen molar-refractivity contribution < 1.29 is 4.79 Å². The van der Waals surface area contributed by atoms with Crippen LogP contribution in [-0.2, 0) is 17.9 Å². The number of aryl methyl sites for hydroxylation is 1. The van der Waals surface area contributed by atoms with Crippen molar-refractivity contribution in [2.24, 2.45) is 0 Å². The second-order valence-electron chi connectivity index (χ2n) is 6.96. The smallest absolute Gasteiger partial charge is 0.233 e. The number of aromatic nitrogens is 2. The molecule has 0 spiro atoms. The predicted molar refractivity (Wildman–Crippen MR) is 109 cm³/mol. The molecule has 0 unspecified atom stereocenters. The van der Waals surface area contributed by atoms with Crippen LogP contribution in [0.4, 0.5) is 0 Å². The molecule has 5 heteroatoms. The fourth-order valence-corrected chi connectivity index (χ4v) is 3.87. The van der Waals surface area contributed by atoms with Crippen molar-refractivity contribution in [1.29, 1.82) is 0 Å². The van der Waals surface area contributed by atoms with Crippen LogP contribution in [0, 0.1) is 13.8 Å². The van der Waals surface area contributed by atoms with Crippen LogP contribution in [0.25, 0.3) is 0 Å². The Hall–Kier alpha value is -1.75. The van der Waals surface area contributed by atoms with Crippen molar-refractivity contribution in [3.8, 4) is 0 Å². The lowest BCUT2D eigenvalue weighted by molar-refractivity contribution is -0.130. The highest BCUT2D eigenvalue weighted by molar-refractivity contribution is 7.99. The van der Waals surface area contributed by atoms with E-state index in [1.807, 2.05) is 30.0 Å². The molecule has 1 amide bonds. The molecule has 0 aliphatic rings. The number of thioether (sulfide) groups is 1. The SMILES string of the molecule is CCCCn1c(SCC(=O)N(Cc2ccccc2)C(C)C)nc(C)c1C. The third kappa shape index (κ3) is 5.37. The summed E-state index contributed by atoms with van der Waals surface area (Å²) in [5.41, 5.74) is 3.43. The summed E-state index contributed by atoms with van der Waals surface area (Å²) in [5, 5.41) is 0.963. The van der Waals surface area contributed by atoms with Gasteiger partial charge in [-0.15, -0.1) is 0 Å². The third-order valence-electron chi connectivity index (χ3n) is 4.62. The quantitative estimate of drug-likeness (QED) is 0.591. The molecule has 0 N–H and O–H groups in total. The van der Waals surface area contributed by atoms with Crippen LogP contribution >= 0.6 is 11.8 Å². The van der Waals surface area contributed by atoms with E-state index in [0.717, 1.165) is 35.8 Å². The standard InChI is InChI=1S/C21H31N3OS/c1-6-7-13-23-18(5)17(4)22-21(23)26-15-20(25)24(16(2)3)14-19-11-9-8-10-12-19/h8-12,16H,6-7,13-15H2,1-5H3. The molecule has 1 aromatic carbocycles. The first kappa shape index (κ1) is 20.6. The molecule has 0 bridgehead atoms. The van der Waals surface area contributed by atoms with E-state index in [4.69, 9.17) is 0 Å². The number of unbranched alkanes of at least 4 members (excludes halogenated alkanes) is 1. The van der Waals surface area contributed by atoms with Gasteiger partial charge in [0.1, 0.15) is 0 Å². The van der Waals surface area contributed by atoms with Crippen molar-refractivity contribution in [2.75, 3.05) is 5.75 Å². The molecule has 0 saturated carbocycles. The summed E-state index contributed by atoms with van der Waals surface area (Å²) in [6, 6.07) is 10.3. The van der Waals surface area contributed by atoms with Crippen LogP contribution in [0.5, 0.6) is 0 Å². The molecule has 0 radical (unpaired) electrons. The van der Waals surface area contributed by atoms with Gasteiger partial charge >= 0.3 is 0 Å². The maximum atomic E-state index is 12.8. The van der Waals surface area contributed by atoms with Crippen LogP contribution in [0.15, 0.2) is 35.5 Å². The number of hydrogen-bond acceptors (Lipinski definition) is 3. The van der Waals surface area contributed by atoms with Gasteiger partial charge < -0.3 is 9.47 Å².